The third-order valence-electron chi connectivity index (χ3n) is 13.5. The average molecular weight is 1020 g/mol. The highest BCUT2D eigenvalue weighted by molar-refractivity contribution is 7.47. The second-order valence-corrected chi connectivity index (χ2v) is 23.2. The van der Waals surface area contributed by atoms with Gasteiger partial charge in [0.15, 0.2) is 0 Å². The Morgan fingerprint density at radius 3 is 1.23 bits per heavy atom. The molecule has 0 aliphatic carbocycles. The molecule has 3 atom stereocenters. The van der Waals surface area contributed by atoms with E-state index in [0.29, 0.717) is 17.4 Å². The van der Waals surface area contributed by atoms with Crippen molar-refractivity contribution in [1.29, 1.82) is 0 Å². The standard InChI is InChI=1S/C62H117N2O6P/c1-6-8-10-12-14-16-18-20-22-24-26-28-30-31-32-33-34-36-38-40-42-44-46-48-50-52-54-56-62(66)63-60(59-70-71(67,68)69-58-57-64(3,4)5)61(65)55-53-51-49-47-45-43-41-39-37-35-29-27-25-23-21-19-17-15-13-11-9-7-2/h18,20,24,26,30-31,45,47,53,55,60-61,65H,6-17,19,21-23,25,27-29,32-44,46,48-52,54,56-59H2,1-5H3,(H-,63,66,67,68)/p+1/b20-18-,26-24-,31-30-,47-45+,55-53+. The van der Waals surface area contributed by atoms with Crippen molar-refractivity contribution < 1.29 is 32.9 Å². The number of carbonyl (C=O) groups excluding carboxylic acids is 1. The number of carbonyl (C=O) groups is 1. The van der Waals surface area contributed by atoms with E-state index in [9.17, 15) is 19.4 Å². The zero-order valence-corrected chi connectivity index (χ0v) is 48.4. The second kappa shape index (κ2) is 53.0. The van der Waals surface area contributed by atoms with E-state index in [-0.39, 0.29) is 19.1 Å². The van der Waals surface area contributed by atoms with Gasteiger partial charge in [0.25, 0.3) is 0 Å². The maximum Gasteiger partial charge on any atom is 0.472 e. The second-order valence-electron chi connectivity index (χ2n) is 21.7. The Kier molecular flexibility index (Phi) is 51.7. The number of hydrogen-bond donors (Lipinski definition) is 3. The summed E-state index contributed by atoms with van der Waals surface area (Å²) >= 11 is 0. The fourth-order valence-corrected chi connectivity index (χ4v) is 9.45. The van der Waals surface area contributed by atoms with Crippen molar-refractivity contribution in [2.75, 3.05) is 40.9 Å². The van der Waals surface area contributed by atoms with Crippen LogP contribution < -0.4 is 5.32 Å². The number of aliphatic hydroxyl groups excluding tert-OH is 1. The first-order valence-electron chi connectivity index (χ1n) is 30.2. The Balaban J connectivity index is 4.23. The number of hydrogen-bond acceptors (Lipinski definition) is 5. The summed E-state index contributed by atoms with van der Waals surface area (Å²) < 4.78 is 23.7. The molecule has 0 fully saturated rings. The van der Waals surface area contributed by atoms with Crippen LogP contribution >= 0.6 is 7.82 Å². The smallest absolute Gasteiger partial charge is 0.387 e. The molecule has 0 radical (unpaired) electrons. The van der Waals surface area contributed by atoms with E-state index < -0.39 is 20.0 Å². The first-order chi connectivity index (χ1) is 34.5. The van der Waals surface area contributed by atoms with Gasteiger partial charge in [-0.3, -0.25) is 13.8 Å². The van der Waals surface area contributed by atoms with Gasteiger partial charge in [0.1, 0.15) is 13.2 Å². The number of nitrogens with zero attached hydrogens (tertiary/aromatic N) is 1. The first kappa shape index (κ1) is 69.2. The molecule has 0 heterocycles. The van der Waals surface area contributed by atoms with Crippen molar-refractivity contribution in [3.05, 3.63) is 60.8 Å². The lowest BCUT2D eigenvalue weighted by Gasteiger charge is -2.25. The van der Waals surface area contributed by atoms with Gasteiger partial charge in [0.05, 0.1) is 39.9 Å². The van der Waals surface area contributed by atoms with Crippen LogP contribution in [-0.4, -0.2) is 73.4 Å². The maximum atomic E-state index is 13.0. The van der Waals surface area contributed by atoms with Crippen molar-refractivity contribution in [3.63, 3.8) is 0 Å². The van der Waals surface area contributed by atoms with Crippen LogP contribution in [0.3, 0.4) is 0 Å². The van der Waals surface area contributed by atoms with E-state index in [1.54, 1.807) is 6.08 Å². The minimum atomic E-state index is -4.36. The fourth-order valence-electron chi connectivity index (χ4n) is 8.71. The molecule has 0 aliphatic rings. The van der Waals surface area contributed by atoms with Gasteiger partial charge in [-0.1, -0.05) is 261 Å². The summed E-state index contributed by atoms with van der Waals surface area (Å²) in [6.45, 7) is 4.81. The van der Waals surface area contributed by atoms with Crippen LogP contribution in [0.25, 0.3) is 0 Å². The zero-order chi connectivity index (χ0) is 52.0. The Labute approximate surface area is 441 Å². The molecule has 1 amide bonds. The van der Waals surface area contributed by atoms with Gasteiger partial charge in [-0.05, 0) is 70.6 Å². The topological polar surface area (TPSA) is 105 Å². The van der Waals surface area contributed by atoms with Crippen LogP contribution in [0, 0.1) is 0 Å². The molecule has 0 saturated heterocycles. The Morgan fingerprint density at radius 1 is 0.479 bits per heavy atom. The molecule has 8 nitrogen and oxygen atoms in total. The van der Waals surface area contributed by atoms with Crippen molar-refractivity contribution in [2.45, 2.75) is 289 Å². The summed E-state index contributed by atoms with van der Waals surface area (Å²) in [6, 6.07) is -0.867. The molecule has 0 aliphatic heterocycles. The van der Waals surface area contributed by atoms with Gasteiger partial charge in [0, 0.05) is 6.42 Å². The third kappa shape index (κ3) is 55.8. The summed E-state index contributed by atoms with van der Waals surface area (Å²) in [5, 5.41) is 13.9. The van der Waals surface area contributed by atoms with E-state index >= 15 is 0 Å². The largest absolute Gasteiger partial charge is 0.472 e. The van der Waals surface area contributed by atoms with E-state index in [1.165, 1.54) is 205 Å². The Bertz CT molecular complexity index is 1340. The van der Waals surface area contributed by atoms with Gasteiger partial charge in [-0.25, -0.2) is 4.57 Å². The molecule has 0 aromatic heterocycles. The summed E-state index contributed by atoms with van der Waals surface area (Å²) in [5.74, 6) is -0.188. The van der Waals surface area contributed by atoms with Gasteiger partial charge in [-0.2, -0.15) is 0 Å². The quantitative estimate of drug-likeness (QED) is 0.0243. The van der Waals surface area contributed by atoms with Crippen molar-refractivity contribution >= 4 is 13.7 Å². The van der Waals surface area contributed by atoms with Crippen LogP contribution in [0.4, 0.5) is 0 Å². The summed E-state index contributed by atoms with van der Waals surface area (Å²) in [7, 11) is 1.56. The molecule has 0 rings (SSSR count). The Morgan fingerprint density at radius 2 is 0.817 bits per heavy atom. The number of allylic oxidation sites excluding steroid dienone is 9. The zero-order valence-electron chi connectivity index (χ0n) is 47.5. The molecular formula is C62H118N2O6P+. The van der Waals surface area contributed by atoms with Crippen LogP contribution in [0.1, 0.15) is 277 Å². The van der Waals surface area contributed by atoms with Crippen LogP contribution in [-0.2, 0) is 18.4 Å². The average Bonchev–Trinajstić information content (AvgIpc) is 3.33. The normalized spacial score (nSPS) is 14.3. The van der Waals surface area contributed by atoms with Crippen molar-refractivity contribution in [2.24, 2.45) is 0 Å². The molecule has 0 bridgehead atoms. The number of likely N-dealkylation sites (N-methyl/N-ethyl adjacent to an activating group) is 1. The van der Waals surface area contributed by atoms with E-state index in [0.717, 1.165) is 51.4 Å². The van der Waals surface area contributed by atoms with Gasteiger partial charge in [-0.15, -0.1) is 0 Å². The van der Waals surface area contributed by atoms with Crippen LogP contribution in [0.2, 0.25) is 0 Å². The van der Waals surface area contributed by atoms with Crippen molar-refractivity contribution in [3.8, 4) is 0 Å². The van der Waals surface area contributed by atoms with Crippen molar-refractivity contribution in [1.82, 2.24) is 5.32 Å². The molecule has 71 heavy (non-hydrogen) atoms. The number of quaternary nitrogens is 1. The maximum absolute atomic E-state index is 13.0. The lowest BCUT2D eigenvalue weighted by atomic mass is 10.0. The molecule has 3 unspecified atom stereocenters. The minimum Gasteiger partial charge on any atom is -0.387 e. The summed E-state index contributed by atoms with van der Waals surface area (Å²) in [5.41, 5.74) is 0. The number of phosphoric ester groups is 1. The highest BCUT2D eigenvalue weighted by Gasteiger charge is 2.27. The predicted molar refractivity (Wildman–Crippen MR) is 309 cm³/mol. The molecule has 416 valence electrons. The summed E-state index contributed by atoms with van der Waals surface area (Å²) in [4.78, 5) is 23.3. The number of nitrogens with one attached hydrogen (secondary N) is 1. The number of phosphoric acid groups is 1. The molecule has 0 saturated carbocycles. The molecule has 0 spiro atoms. The van der Waals surface area contributed by atoms with Gasteiger partial charge < -0.3 is 19.8 Å². The SMILES string of the molecule is CCCCCCC/C=C\C/C=C\C/C=C\CCCCCCCCCCCCCCC(=O)NC(COP(=O)(O)OCC[N+](C)(C)C)C(O)/C=C/CC/C=C/CCCCCCCCCCCCCCCCCC. The van der Waals surface area contributed by atoms with E-state index in [2.05, 4.69) is 67.8 Å². The lowest BCUT2D eigenvalue weighted by Crippen LogP contribution is -2.45. The Hall–Kier alpha value is -1.80. The van der Waals surface area contributed by atoms with Crippen LogP contribution in [0.15, 0.2) is 60.8 Å². The molecule has 9 heteroatoms. The number of rotatable bonds is 55. The van der Waals surface area contributed by atoms with Crippen LogP contribution in [0.5, 0.6) is 0 Å². The molecule has 0 aromatic rings. The fraction of sp³-hybridized carbons (Fsp3) is 0.823. The number of amides is 1. The lowest BCUT2D eigenvalue weighted by molar-refractivity contribution is -0.870. The molecular weight excluding hydrogens is 900 g/mol. The van der Waals surface area contributed by atoms with Gasteiger partial charge in [0.2, 0.25) is 5.91 Å². The number of unbranched alkanes of at least 4 members (excludes halogenated alkanes) is 34. The minimum absolute atomic E-state index is 0.0545. The highest BCUT2D eigenvalue weighted by Crippen LogP contribution is 2.43. The van der Waals surface area contributed by atoms with E-state index in [4.69, 9.17) is 9.05 Å². The predicted octanol–water partition coefficient (Wildman–Crippen LogP) is 18.5. The highest BCUT2D eigenvalue weighted by atomic mass is 31.2. The molecule has 3 N–H and O–H groups in total. The molecule has 0 aromatic carbocycles. The third-order valence-corrected chi connectivity index (χ3v) is 14.4. The van der Waals surface area contributed by atoms with Gasteiger partial charge >= 0.3 is 7.82 Å². The first-order valence-corrected chi connectivity index (χ1v) is 31.7. The van der Waals surface area contributed by atoms with E-state index in [1.807, 2.05) is 27.2 Å². The summed E-state index contributed by atoms with van der Waals surface area (Å²) in [6.07, 6.45) is 71.9. The monoisotopic (exact) mass is 1020 g/mol. The number of aliphatic hydroxyl groups is 1.